The van der Waals surface area contributed by atoms with E-state index < -0.39 is 0 Å². The first-order valence-corrected chi connectivity index (χ1v) is 6.77. The minimum atomic E-state index is -0.354. The highest BCUT2D eigenvalue weighted by atomic mass is 79.9. The van der Waals surface area contributed by atoms with E-state index in [1.807, 2.05) is 19.1 Å². The van der Waals surface area contributed by atoms with E-state index in [4.69, 9.17) is 4.74 Å². The maximum atomic E-state index is 13.2. The van der Waals surface area contributed by atoms with Gasteiger partial charge in [-0.15, -0.1) is 0 Å². The van der Waals surface area contributed by atoms with Crippen molar-refractivity contribution in [3.05, 3.63) is 52.4 Å². The fourth-order valence-corrected chi connectivity index (χ4v) is 2.02. The van der Waals surface area contributed by atoms with E-state index in [0.717, 1.165) is 12.2 Å². The molecule has 0 amide bonds. The number of aromatic nitrogens is 1. The molecular formula is C14H14BrFN2O. The molecule has 1 aromatic carbocycles. The molecule has 0 aliphatic carbocycles. The van der Waals surface area contributed by atoms with E-state index in [1.165, 1.54) is 12.1 Å². The summed E-state index contributed by atoms with van der Waals surface area (Å²) in [7, 11) is 0. The Morgan fingerprint density at radius 3 is 2.89 bits per heavy atom. The van der Waals surface area contributed by atoms with Crippen molar-refractivity contribution in [2.45, 2.75) is 13.5 Å². The Balaban J connectivity index is 2.13. The summed E-state index contributed by atoms with van der Waals surface area (Å²) >= 11 is 3.22. The molecular weight excluding hydrogens is 311 g/mol. The molecule has 0 unspecified atom stereocenters. The average molecular weight is 325 g/mol. The number of hydrogen-bond donors (Lipinski definition) is 1. The molecule has 2 rings (SSSR count). The third-order valence-corrected chi connectivity index (χ3v) is 2.85. The van der Waals surface area contributed by atoms with Crippen molar-refractivity contribution in [3.8, 4) is 11.6 Å². The Labute approximate surface area is 119 Å². The SMILES string of the molecule is CCNCc1cccc(Oc2cc(F)cc(Br)c2)n1. The quantitative estimate of drug-likeness (QED) is 0.906. The van der Waals surface area contributed by atoms with Crippen LogP contribution in [-0.2, 0) is 6.54 Å². The van der Waals surface area contributed by atoms with Crippen LogP contribution in [0.25, 0.3) is 0 Å². The van der Waals surface area contributed by atoms with E-state index >= 15 is 0 Å². The zero-order valence-electron chi connectivity index (χ0n) is 10.5. The van der Waals surface area contributed by atoms with Gasteiger partial charge < -0.3 is 10.1 Å². The smallest absolute Gasteiger partial charge is 0.219 e. The highest BCUT2D eigenvalue weighted by Gasteiger charge is 2.03. The molecule has 0 aliphatic heterocycles. The number of nitrogens with zero attached hydrogens (tertiary/aromatic N) is 1. The standard InChI is InChI=1S/C14H14BrFN2O/c1-2-17-9-12-4-3-5-14(18-12)19-13-7-10(15)6-11(16)8-13/h3-8,17H,2,9H2,1H3. The zero-order valence-corrected chi connectivity index (χ0v) is 12.1. The van der Waals surface area contributed by atoms with E-state index in [0.29, 0.717) is 22.6 Å². The minimum absolute atomic E-state index is 0.354. The molecule has 0 atom stereocenters. The van der Waals surface area contributed by atoms with Crippen molar-refractivity contribution in [3.63, 3.8) is 0 Å². The maximum absolute atomic E-state index is 13.2. The molecule has 0 saturated heterocycles. The molecule has 3 nitrogen and oxygen atoms in total. The molecule has 0 spiro atoms. The molecule has 1 heterocycles. The number of benzene rings is 1. The number of pyridine rings is 1. The zero-order chi connectivity index (χ0) is 13.7. The molecule has 0 fully saturated rings. The fourth-order valence-electron chi connectivity index (χ4n) is 1.57. The van der Waals surface area contributed by atoms with E-state index in [2.05, 4.69) is 26.2 Å². The predicted octanol–water partition coefficient (Wildman–Crippen LogP) is 3.89. The van der Waals surface area contributed by atoms with Gasteiger partial charge in [0, 0.05) is 23.2 Å². The van der Waals surface area contributed by atoms with Gasteiger partial charge in [-0.2, -0.15) is 0 Å². The summed E-state index contributed by atoms with van der Waals surface area (Å²) in [4.78, 5) is 4.34. The third-order valence-electron chi connectivity index (χ3n) is 2.40. The van der Waals surface area contributed by atoms with Gasteiger partial charge in [0.25, 0.3) is 0 Å². The van der Waals surface area contributed by atoms with Gasteiger partial charge in [-0.05, 0) is 24.7 Å². The Bertz CT molecular complexity index is 543. The van der Waals surface area contributed by atoms with E-state index in [-0.39, 0.29) is 5.82 Å². The average Bonchev–Trinajstić information content (AvgIpc) is 2.35. The Morgan fingerprint density at radius 1 is 1.32 bits per heavy atom. The van der Waals surface area contributed by atoms with Crippen molar-refractivity contribution < 1.29 is 9.13 Å². The summed E-state index contributed by atoms with van der Waals surface area (Å²) in [6.07, 6.45) is 0. The molecule has 0 saturated carbocycles. The normalized spacial score (nSPS) is 10.5. The monoisotopic (exact) mass is 324 g/mol. The van der Waals surface area contributed by atoms with Crippen LogP contribution < -0.4 is 10.1 Å². The number of nitrogens with one attached hydrogen (secondary N) is 1. The van der Waals surface area contributed by atoms with Gasteiger partial charge in [0.15, 0.2) is 0 Å². The molecule has 1 aromatic heterocycles. The lowest BCUT2D eigenvalue weighted by Gasteiger charge is -2.07. The van der Waals surface area contributed by atoms with Gasteiger partial charge >= 0.3 is 0 Å². The van der Waals surface area contributed by atoms with E-state index in [1.54, 1.807) is 12.1 Å². The van der Waals surface area contributed by atoms with Gasteiger partial charge in [-0.3, -0.25) is 0 Å². The second-order valence-corrected chi connectivity index (χ2v) is 4.87. The number of hydrogen-bond acceptors (Lipinski definition) is 3. The van der Waals surface area contributed by atoms with Crippen LogP contribution in [0.1, 0.15) is 12.6 Å². The van der Waals surface area contributed by atoms with Crippen molar-refractivity contribution in [1.82, 2.24) is 10.3 Å². The summed E-state index contributed by atoms with van der Waals surface area (Å²) in [6.45, 7) is 3.59. The van der Waals surface area contributed by atoms with Crippen LogP contribution in [0.5, 0.6) is 11.6 Å². The van der Waals surface area contributed by atoms with Crippen LogP contribution in [0.2, 0.25) is 0 Å². The summed E-state index contributed by atoms with van der Waals surface area (Å²) in [6, 6.07) is 9.92. The molecule has 100 valence electrons. The highest BCUT2D eigenvalue weighted by Crippen LogP contribution is 2.24. The Kier molecular flexibility index (Phi) is 4.87. The molecule has 19 heavy (non-hydrogen) atoms. The third kappa shape index (κ3) is 4.29. The van der Waals surface area contributed by atoms with Crippen molar-refractivity contribution in [2.24, 2.45) is 0 Å². The van der Waals surface area contributed by atoms with Crippen LogP contribution in [0.3, 0.4) is 0 Å². The van der Waals surface area contributed by atoms with Crippen LogP contribution >= 0.6 is 15.9 Å². The summed E-state index contributed by atoms with van der Waals surface area (Å²) in [5.74, 6) is 0.515. The molecule has 1 N–H and O–H groups in total. The fraction of sp³-hybridized carbons (Fsp3) is 0.214. The molecule has 2 aromatic rings. The highest BCUT2D eigenvalue weighted by molar-refractivity contribution is 9.10. The molecule has 5 heteroatoms. The van der Waals surface area contributed by atoms with Crippen LogP contribution in [0.4, 0.5) is 4.39 Å². The molecule has 0 aliphatic rings. The maximum Gasteiger partial charge on any atom is 0.219 e. The van der Waals surface area contributed by atoms with Crippen molar-refractivity contribution in [2.75, 3.05) is 6.54 Å². The lowest BCUT2D eigenvalue weighted by molar-refractivity contribution is 0.454. The van der Waals surface area contributed by atoms with Gasteiger partial charge in [0.2, 0.25) is 5.88 Å². The predicted molar refractivity (Wildman–Crippen MR) is 75.8 cm³/mol. The second-order valence-electron chi connectivity index (χ2n) is 3.95. The van der Waals surface area contributed by atoms with Crippen LogP contribution in [0.15, 0.2) is 40.9 Å². The first-order valence-electron chi connectivity index (χ1n) is 5.98. The summed E-state index contributed by atoms with van der Waals surface area (Å²) in [5.41, 5.74) is 0.884. The van der Waals surface area contributed by atoms with Gasteiger partial charge in [0.05, 0.1) is 5.69 Å². The topological polar surface area (TPSA) is 34.1 Å². The lowest BCUT2D eigenvalue weighted by atomic mass is 10.3. The second kappa shape index (κ2) is 6.63. The van der Waals surface area contributed by atoms with E-state index in [9.17, 15) is 4.39 Å². The number of halogens is 2. The Hall–Kier alpha value is -1.46. The summed E-state index contributed by atoms with van der Waals surface area (Å²) < 4.78 is 19.4. The van der Waals surface area contributed by atoms with Crippen LogP contribution in [-0.4, -0.2) is 11.5 Å². The first-order chi connectivity index (χ1) is 9.17. The van der Waals surface area contributed by atoms with Crippen molar-refractivity contribution in [1.29, 1.82) is 0 Å². The van der Waals surface area contributed by atoms with Crippen molar-refractivity contribution >= 4 is 15.9 Å². The minimum Gasteiger partial charge on any atom is -0.439 e. The summed E-state index contributed by atoms with van der Waals surface area (Å²) in [5, 5.41) is 3.19. The van der Waals surface area contributed by atoms with Crippen LogP contribution in [0, 0.1) is 5.82 Å². The number of ether oxygens (including phenoxy) is 1. The first kappa shape index (κ1) is 14.0. The molecule has 0 radical (unpaired) electrons. The lowest BCUT2D eigenvalue weighted by Crippen LogP contribution is -2.12. The molecule has 0 bridgehead atoms. The van der Waals surface area contributed by atoms with Gasteiger partial charge in [0.1, 0.15) is 11.6 Å². The van der Waals surface area contributed by atoms with Gasteiger partial charge in [-0.1, -0.05) is 28.9 Å². The number of rotatable bonds is 5. The largest absolute Gasteiger partial charge is 0.439 e. The van der Waals surface area contributed by atoms with Gasteiger partial charge in [-0.25, -0.2) is 9.37 Å². The Morgan fingerprint density at radius 2 is 2.16 bits per heavy atom.